The Balaban J connectivity index is 2.90. The molecule has 8 nitrogen and oxygen atoms in total. The van der Waals surface area contributed by atoms with Gasteiger partial charge >= 0.3 is 11.7 Å². The highest BCUT2D eigenvalue weighted by atomic mass is 16.6. The lowest BCUT2D eigenvalue weighted by atomic mass is 9.96. The van der Waals surface area contributed by atoms with Crippen LogP contribution in [0.3, 0.4) is 0 Å². The zero-order valence-electron chi connectivity index (χ0n) is 11.0. The third-order valence-corrected chi connectivity index (χ3v) is 2.62. The first-order chi connectivity index (χ1) is 8.92. The summed E-state index contributed by atoms with van der Waals surface area (Å²) in [7, 11) is 1.30. The highest BCUT2D eigenvalue weighted by Crippen LogP contribution is 2.20. The lowest BCUT2D eigenvalue weighted by Gasteiger charge is -2.27. The number of esters is 1. The molecule has 0 fully saturated rings. The summed E-state index contributed by atoms with van der Waals surface area (Å²) in [4.78, 5) is 29.3. The maximum Gasteiger partial charge on any atom is 0.331 e. The Labute approximate surface area is 110 Å². The van der Waals surface area contributed by atoms with Crippen molar-refractivity contribution in [3.8, 4) is 0 Å². The molecule has 1 rings (SSSR count). The molecule has 0 aliphatic carbocycles. The molecular formula is C11H16N4O4. The third kappa shape index (κ3) is 3.60. The smallest absolute Gasteiger partial charge is 0.331 e. The number of hydrogen-bond acceptors (Lipinski definition) is 7. The molecule has 1 unspecified atom stereocenters. The van der Waals surface area contributed by atoms with E-state index in [0.717, 1.165) is 18.8 Å². The number of anilines is 1. The molecule has 0 aromatic carbocycles. The number of carbonyl (C=O) groups is 1. The van der Waals surface area contributed by atoms with Gasteiger partial charge in [-0.15, -0.1) is 0 Å². The molecule has 0 spiro atoms. The zero-order valence-corrected chi connectivity index (χ0v) is 11.0. The van der Waals surface area contributed by atoms with E-state index in [0.29, 0.717) is 6.42 Å². The Morgan fingerprint density at radius 2 is 2.11 bits per heavy atom. The molecular weight excluding hydrogens is 252 g/mol. The van der Waals surface area contributed by atoms with Gasteiger partial charge in [0.1, 0.15) is 17.9 Å². The van der Waals surface area contributed by atoms with E-state index in [-0.39, 0.29) is 11.6 Å². The van der Waals surface area contributed by atoms with Crippen molar-refractivity contribution in [2.75, 3.05) is 12.4 Å². The number of nitrogens with one attached hydrogen (secondary N) is 1. The Hall–Kier alpha value is -2.25. The highest BCUT2D eigenvalue weighted by Gasteiger charge is 2.34. The van der Waals surface area contributed by atoms with Gasteiger partial charge in [-0.3, -0.25) is 10.1 Å². The molecule has 19 heavy (non-hydrogen) atoms. The summed E-state index contributed by atoms with van der Waals surface area (Å²) in [6.45, 7) is 3.60. The molecule has 1 N–H and O–H groups in total. The number of aromatic nitrogens is 2. The number of nitrogens with zero attached hydrogens (tertiary/aromatic N) is 3. The van der Waals surface area contributed by atoms with Crippen LogP contribution in [0.15, 0.2) is 12.4 Å². The lowest BCUT2D eigenvalue weighted by Crippen LogP contribution is -2.44. The SMILES string of the molecule is CCCC(C)(Nc1ncc([N+](=O)[O-])cn1)C(=O)OC. The van der Waals surface area contributed by atoms with E-state index in [4.69, 9.17) is 4.74 Å². The molecule has 104 valence electrons. The van der Waals surface area contributed by atoms with Crippen molar-refractivity contribution in [1.29, 1.82) is 0 Å². The molecule has 1 heterocycles. The fourth-order valence-electron chi connectivity index (χ4n) is 1.67. The molecule has 0 saturated heterocycles. The molecule has 0 aliphatic rings. The quantitative estimate of drug-likeness (QED) is 0.473. The fraction of sp³-hybridized carbons (Fsp3) is 0.545. The number of nitro groups is 1. The topological polar surface area (TPSA) is 107 Å². The van der Waals surface area contributed by atoms with Crippen molar-refractivity contribution < 1.29 is 14.5 Å². The van der Waals surface area contributed by atoms with Crippen LogP contribution in [0.25, 0.3) is 0 Å². The zero-order chi connectivity index (χ0) is 14.5. The highest BCUT2D eigenvalue weighted by molar-refractivity contribution is 5.83. The van der Waals surface area contributed by atoms with E-state index in [1.54, 1.807) is 6.92 Å². The van der Waals surface area contributed by atoms with Crippen LogP contribution in [0.5, 0.6) is 0 Å². The molecule has 1 aromatic heterocycles. The van der Waals surface area contributed by atoms with Crippen molar-refractivity contribution in [1.82, 2.24) is 9.97 Å². The summed E-state index contributed by atoms with van der Waals surface area (Å²) in [6.07, 6.45) is 3.45. The average Bonchev–Trinajstić information content (AvgIpc) is 2.38. The summed E-state index contributed by atoms with van der Waals surface area (Å²) in [5, 5.41) is 13.3. The molecule has 0 amide bonds. The van der Waals surface area contributed by atoms with E-state index < -0.39 is 16.4 Å². The van der Waals surface area contributed by atoms with Crippen molar-refractivity contribution in [3.05, 3.63) is 22.5 Å². The summed E-state index contributed by atoms with van der Waals surface area (Å²) < 4.78 is 4.74. The molecule has 1 atom stereocenters. The van der Waals surface area contributed by atoms with E-state index in [2.05, 4.69) is 15.3 Å². The fourth-order valence-corrected chi connectivity index (χ4v) is 1.67. The molecule has 0 saturated carbocycles. The summed E-state index contributed by atoms with van der Waals surface area (Å²) in [6, 6.07) is 0. The first kappa shape index (κ1) is 14.8. The van der Waals surface area contributed by atoms with Crippen molar-refractivity contribution in [2.24, 2.45) is 0 Å². The minimum absolute atomic E-state index is 0.145. The predicted octanol–water partition coefficient (Wildman–Crippen LogP) is 1.53. The van der Waals surface area contributed by atoms with Gasteiger partial charge < -0.3 is 10.1 Å². The van der Waals surface area contributed by atoms with Gasteiger partial charge in [-0.05, 0) is 13.3 Å². The minimum atomic E-state index is -0.959. The first-order valence-electron chi connectivity index (χ1n) is 5.76. The molecule has 0 bridgehead atoms. The van der Waals surface area contributed by atoms with Crippen molar-refractivity contribution in [2.45, 2.75) is 32.2 Å². The van der Waals surface area contributed by atoms with Gasteiger partial charge in [0.2, 0.25) is 5.95 Å². The van der Waals surface area contributed by atoms with Gasteiger partial charge in [0.25, 0.3) is 0 Å². The van der Waals surface area contributed by atoms with Gasteiger partial charge in [0, 0.05) is 0 Å². The van der Waals surface area contributed by atoms with E-state index in [1.165, 1.54) is 7.11 Å². The largest absolute Gasteiger partial charge is 0.467 e. The van der Waals surface area contributed by atoms with Gasteiger partial charge in [-0.25, -0.2) is 14.8 Å². The van der Waals surface area contributed by atoms with Gasteiger partial charge in [0.05, 0.1) is 12.0 Å². The van der Waals surface area contributed by atoms with Crippen LogP contribution in [-0.4, -0.2) is 33.5 Å². The Bertz CT molecular complexity index is 462. The molecule has 8 heteroatoms. The second kappa shape index (κ2) is 6.07. The van der Waals surface area contributed by atoms with E-state index in [1.807, 2.05) is 6.92 Å². The summed E-state index contributed by atoms with van der Waals surface area (Å²) >= 11 is 0. The molecule has 1 aromatic rings. The van der Waals surface area contributed by atoms with E-state index in [9.17, 15) is 14.9 Å². The number of hydrogen-bond donors (Lipinski definition) is 1. The van der Waals surface area contributed by atoms with Gasteiger partial charge in [-0.2, -0.15) is 0 Å². The Kier molecular flexibility index (Phi) is 4.74. The van der Waals surface area contributed by atoms with Crippen LogP contribution in [0.2, 0.25) is 0 Å². The maximum atomic E-state index is 11.8. The lowest BCUT2D eigenvalue weighted by molar-refractivity contribution is -0.385. The van der Waals surface area contributed by atoms with Crippen LogP contribution in [0.4, 0.5) is 11.6 Å². The van der Waals surface area contributed by atoms with Crippen LogP contribution < -0.4 is 5.32 Å². The summed E-state index contributed by atoms with van der Waals surface area (Å²) in [5.74, 6) is -0.289. The normalized spacial score (nSPS) is 13.4. The molecule has 0 radical (unpaired) electrons. The Morgan fingerprint density at radius 3 is 2.53 bits per heavy atom. The van der Waals surface area contributed by atoms with Crippen LogP contribution >= 0.6 is 0 Å². The van der Waals surface area contributed by atoms with Crippen molar-refractivity contribution >= 4 is 17.6 Å². The molecule has 0 aliphatic heterocycles. The van der Waals surface area contributed by atoms with Crippen LogP contribution in [0, 0.1) is 10.1 Å². The first-order valence-corrected chi connectivity index (χ1v) is 5.76. The van der Waals surface area contributed by atoms with Gasteiger partial charge in [-0.1, -0.05) is 13.3 Å². The van der Waals surface area contributed by atoms with Crippen LogP contribution in [0.1, 0.15) is 26.7 Å². The van der Waals surface area contributed by atoms with Crippen LogP contribution in [-0.2, 0) is 9.53 Å². The monoisotopic (exact) mass is 268 g/mol. The van der Waals surface area contributed by atoms with Crippen molar-refractivity contribution in [3.63, 3.8) is 0 Å². The number of rotatable bonds is 6. The van der Waals surface area contributed by atoms with Gasteiger partial charge in [0.15, 0.2) is 0 Å². The number of methoxy groups -OCH3 is 1. The average molecular weight is 268 g/mol. The Morgan fingerprint density at radius 1 is 1.53 bits per heavy atom. The summed E-state index contributed by atoms with van der Waals surface area (Å²) in [5.41, 5.74) is -1.17. The number of carbonyl (C=O) groups excluding carboxylic acids is 1. The van der Waals surface area contributed by atoms with E-state index >= 15 is 0 Å². The maximum absolute atomic E-state index is 11.8. The minimum Gasteiger partial charge on any atom is -0.467 e. The number of ether oxygens (including phenoxy) is 1. The predicted molar refractivity (Wildman–Crippen MR) is 67.6 cm³/mol. The second-order valence-corrected chi connectivity index (χ2v) is 4.22. The second-order valence-electron chi connectivity index (χ2n) is 4.22. The third-order valence-electron chi connectivity index (χ3n) is 2.62. The standard InChI is InChI=1S/C11H16N4O4/c1-4-5-11(2,9(16)19-3)14-10-12-6-8(7-13-10)15(17)18/h6-7H,4-5H2,1-3H3,(H,12,13,14).